The number of hydrogen-bond donors (Lipinski definition) is 0. The third-order valence-corrected chi connectivity index (χ3v) is 11.0. The molecule has 0 saturated heterocycles. The van der Waals surface area contributed by atoms with Crippen LogP contribution in [0.4, 0.5) is 0 Å². The molecule has 2 rings (SSSR count). The molecule has 6 heteroatoms. The first-order chi connectivity index (χ1) is 13.1. The molecule has 29 heavy (non-hydrogen) atoms. The summed E-state index contributed by atoms with van der Waals surface area (Å²) in [5, 5.41) is -0.232. The molecule has 0 unspecified atom stereocenters. The Labute approximate surface area is 186 Å². The minimum Gasteiger partial charge on any atom is -0.273 e. The van der Waals surface area contributed by atoms with Crippen molar-refractivity contribution in [3.05, 3.63) is 46.0 Å². The van der Waals surface area contributed by atoms with Crippen molar-refractivity contribution in [1.82, 2.24) is 4.57 Å². The van der Waals surface area contributed by atoms with E-state index in [2.05, 4.69) is 45.9 Å². The van der Waals surface area contributed by atoms with Crippen molar-refractivity contribution in [1.29, 1.82) is 0 Å². The summed E-state index contributed by atoms with van der Waals surface area (Å²) in [6.07, 6.45) is 1.86. The molecule has 0 atom stereocenters. The number of imidazole rings is 1. The summed E-state index contributed by atoms with van der Waals surface area (Å²) in [7, 11) is -3.00. The number of aromatic nitrogens is 2. The quantitative estimate of drug-likeness (QED) is 0.426. The van der Waals surface area contributed by atoms with E-state index >= 15 is 0 Å². The molecule has 162 valence electrons. The second kappa shape index (κ2) is 8.06. The maximum absolute atomic E-state index is 14.5. The highest BCUT2D eigenvalue weighted by Crippen LogP contribution is 2.63. The maximum atomic E-state index is 14.5. The van der Waals surface area contributed by atoms with Gasteiger partial charge in [0.1, 0.15) is 5.69 Å². The second-order valence-electron chi connectivity index (χ2n) is 10.4. The fourth-order valence-corrected chi connectivity index (χ4v) is 8.83. The van der Waals surface area contributed by atoms with Crippen molar-refractivity contribution in [3.63, 3.8) is 0 Å². The van der Waals surface area contributed by atoms with Gasteiger partial charge in [-0.2, -0.15) is 8.90 Å². The normalized spacial score (nSPS) is 13.6. The monoisotopic (exact) mass is 457 g/mol. The summed E-state index contributed by atoms with van der Waals surface area (Å²) in [5.74, 6) is 0.623. The molecule has 0 spiro atoms. The second-order valence-corrected chi connectivity index (χ2v) is 15.4. The summed E-state index contributed by atoms with van der Waals surface area (Å²) in [4.78, 5) is 0. The van der Waals surface area contributed by atoms with Crippen LogP contribution in [-0.4, -0.2) is 14.9 Å². The van der Waals surface area contributed by atoms with E-state index in [1.165, 1.54) is 11.1 Å². The lowest BCUT2D eigenvalue weighted by molar-refractivity contribution is -0.521. The number of para-hydroxylation sites is 1. The Balaban J connectivity index is 2.95. The number of nitrogens with zero attached hydrogens (tertiary/aromatic N) is 2. The molecule has 0 N–H and O–H groups in total. The summed E-state index contributed by atoms with van der Waals surface area (Å²) in [6.45, 7) is 20.7. The predicted molar refractivity (Wildman–Crippen MR) is 127 cm³/mol. The zero-order chi connectivity index (χ0) is 22.5. The first-order valence-corrected chi connectivity index (χ1v) is 12.7. The van der Waals surface area contributed by atoms with Gasteiger partial charge < -0.3 is 0 Å². The summed E-state index contributed by atoms with van der Waals surface area (Å²) >= 11 is 13.6. The summed E-state index contributed by atoms with van der Waals surface area (Å²) in [6, 6.07) is 6.36. The summed E-state index contributed by atoms with van der Waals surface area (Å²) in [5.41, 5.74) is 3.43. The van der Waals surface area contributed by atoms with Gasteiger partial charge in [0.05, 0.1) is 10.3 Å². The number of halogens is 2. The van der Waals surface area contributed by atoms with E-state index in [0.717, 1.165) is 5.69 Å². The van der Waals surface area contributed by atoms with Crippen LogP contribution >= 0.6 is 30.5 Å². The van der Waals surface area contributed by atoms with Crippen LogP contribution in [0.25, 0.3) is 5.69 Å². The highest BCUT2D eigenvalue weighted by molar-refractivity contribution is 7.60. The van der Waals surface area contributed by atoms with Gasteiger partial charge in [0, 0.05) is 11.1 Å². The maximum Gasteiger partial charge on any atom is 0.262 e. The predicted octanol–water partition coefficient (Wildman–Crippen LogP) is 8.04. The van der Waals surface area contributed by atoms with Gasteiger partial charge in [-0.25, -0.2) is 0 Å². The Morgan fingerprint density at radius 3 is 1.66 bits per heavy atom. The van der Waals surface area contributed by atoms with Gasteiger partial charge in [-0.1, -0.05) is 45.9 Å². The fraction of sp³-hybridized carbons (Fsp3) is 0.609. The average molecular weight is 458 g/mol. The topological polar surface area (TPSA) is 25.9 Å². The number of hydrogen-bond acceptors (Lipinski definition) is 1. The molecular weight excluding hydrogens is 422 g/mol. The molecule has 1 aromatic heterocycles. The largest absolute Gasteiger partial charge is 0.273 e. The molecule has 2 aromatic rings. The van der Waals surface area contributed by atoms with Crippen molar-refractivity contribution >= 4 is 30.5 Å². The molecule has 1 aromatic carbocycles. The molecule has 0 aliphatic heterocycles. The van der Waals surface area contributed by atoms with Crippen molar-refractivity contribution in [2.75, 3.05) is 0 Å². The molecule has 1 heterocycles. The van der Waals surface area contributed by atoms with Crippen molar-refractivity contribution in [2.45, 2.75) is 91.4 Å². The van der Waals surface area contributed by atoms with Crippen LogP contribution in [0.3, 0.4) is 0 Å². The molecule has 3 nitrogen and oxygen atoms in total. The SMILES string of the molecule is CC(C)c1cccc(C(C)C)c1-n1c[n+](P(=O)(C(C)(C)C)C(C)(C)C)c(Cl)c1Cl. The smallest absolute Gasteiger partial charge is 0.262 e. The fourth-order valence-electron chi connectivity index (χ4n) is 4.20. The van der Waals surface area contributed by atoms with Gasteiger partial charge in [0.15, 0.2) is 0 Å². The molecule has 0 saturated carbocycles. The standard InChI is InChI=1S/C23H36Cl2N2OP/c1-15(2)17-12-11-13-18(16(3)4)19(17)26-14-27(21(25)20(26)24)29(28,22(5,6)7)23(8,9)10/h11-16H,1-10H3/q+1. The van der Waals surface area contributed by atoms with E-state index < -0.39 is 17.6 Å². The highest BCUT2D eigenvalue weighted by atomic mass is 35.5. The molecule has 0 bridgehead atoms. The lowest BCUT2D eigenvalue weighted by Gasteiger charge is -2.37. The zero-order valence-corrected chi connectivity index (χ0v) is 21.9. The van der Waals surface area contributed by atoms with Crippen molar-refractivity contribution in [2.24, 2.45) is 0 Å². The van der Waals surface area contributed by atoms with Gasteiger partial charge >= 0.3 is 0 Å². The summed E-state index contributed by atoms with van der Waals surface area (Å²) < 4.78 is 18.2. The van der Waals surface area contributed by atoms with Gasteiger partial charge in [0.25, 0.3) is 23.9 Å². The van der Waals surface area contributed by atoms with Gasteiger partial charge in [-0.3, -0.25) is 4.57 Å². The third kappa shape index (κ3) is 4.08. The lowest BCUT2D eigenvalue weighted by Crippen LogP contribution is -2.47. The van der Waals surface area contributed by atoms with E-state index in [1.54, 1.807) is 4.34 Å². The first-order valence-electron chi connectivity index (χ1n) is 10.3. The number of rotatable bonds is 4. The van der Waals surface area contributed by atoms with E-state index in [-0.39, 0.29) is 0 Å². The van der Waals surface area contributed by atoms with Crippen LogP contribution in [0.15, 0.2) is 24.5 Å². The molecule has 0 radical (unpaired) electrons. The van der Waals surface area contributed by atoms with Crippen LogP contribution in [0.2, 0.25) is 10.3 Å². The Morgan fingerprint density at radius 2 is 1.31 bits per heavy atom. The molecule has 0 amide bonds. The van der Waals surface area contributed by atoms with Gasteiger partial charge in [-0.05, 0) is 76.6 Å². The van der Waals surface area contributed by atoms with Crippen LogP contribution in [0.1, 0.15) is 92.2 Å². The van der Waals surface area contributed by atoms with Crippen LogP contribution in [0, 0.1) is 0 Å². The Kier molecular flexibility index (Phi) is 6.81. The molecule has 0 fully saturated rings. The Hall–Kier alpha value is -0.760. The van der Waals surface area contributed by atoms with E-state index in [9.17, 15) is 4.57 Å². The van der Waals surface area contributed by atoms with E-state index in [4.69, 9.17) is 23.2 Å². The van der Waals surface area contributed by atoms with Crippen molar-refractivity contribution in [3.8, 4) is 5.69 Å². The van der Waals surface area contributed by atoms with Crippen LogP contribution in [0.5, 0.6) is 0 Å². The molecular formula is C23H36Cl2N2OP+. The van der Waals surface area contributed by atoms with Crippen molar-refractivity contribution < 1.29 is 8.90 Å². The highest BCUT2D eigenvalue weighted by Gasteiger charge is 2.54. The van der Waals surface area contributed by atoms with Gasteiger partial charge in [-0.15, -0.1) is 0 Å². The molecule has 0 aliphatic carbocycles. The lowest BCUT2D eigenvalue weighted by atomic mass is 9.92. The minimum absolute atomic E-state index is 0.312. The Morgan fingerprint density at radius 1 is 0.897 bits per heavy atom. The van der Waals surface area contributed by atoms with Crippen LogP contribution in [-0.2, 0) is 4.57 Å². The first kappa shape index (κ1) is 24.5. The van der Waals surface area contributed by atoms with E-state index in [1.807, 2.05) is 52.4 Å². The zero-order valence-electron chi connectivity index (χ0n) is 19.5. The third-order valence-electron chi connectivity index (χ3n) is 5.51. The van der Waals surface area contributed by atoms with Crippen LogP contribution < -0.4 is 4.34 Å². The number of benzene rings is 1. The van der Waals surface area contributed by atoms with E-state index in [0.29, 0.717) is 22.1 Å². The van der Waals surface area contributed by atoms with Gasteiger partial charge in [0.2, 0.25) is 0 Å². The Bertz CT molecular complexity index is 903. The average Bonchev–Trinajstić information content (AvgIpc) is 2.86. The minimum atomic E-state index is -3.00. The molecule has 0 aliphatic rings.